The Morgan fingerprint density at radius 2 is 1.75 bits per heavy atom. The Morgan fingerprint density at radius 3 is 2.33 bits per heavy atom. The first kappa shape index (κ1) is 16.5. The second-order valence-electron chi connectivity index (χ2n) is 6.31. The third-order valence-corrected chi connectivity index (χ3v) is 4.70. The van der Waals surface area contributed by atoms with Gasteiger partial charge in [0.15, 0.2) is 0 Å². The van der Waals surface area contributed by atoms with E-state index in [4.69, 9.17) is 0 Å². The predicted molar refractivity (Wildman–Crippen MR) is 89.3 cm³/mol. The molecule has 0 spiro atoms. The van der Waals surface area contributed by atoms with Crippen LogP contribution in [0.4, 0.5) is 0 Å². The summed E-state index contributed by atoms with van der Waals surface area (Å²) in [6.07, 6.45) is 1.80. The summed E-state index contributed by atoms with van der Waals surface area (Å²) in [5.74, 6) is -1.93. The highest BCUT2D eigenvalue weighted by Gasteiger charge is 2.32. The van der Waals surface area contributed by atoms with Gasteiger partial charge in [-0.25, -0.2) is 4.79 Å². The third-order valence-electron chi connectivity index (χ3n) is 4.70. The number of aromatic nitrogens is 1. The number of aromatic carboxylic acids is 1. The number of aliphatic carboxylic acids is 1. The number of nitrogens with zero attached hydrogens (tertiary/aromatic N) is 3. The van der Waals surface area contributed by atoms with Gasteiger partial charge in [0.25, 0.3) is 0 Å². The van der Waals surface area contributed by atoms with E-state index in [0.29, 0.717) is 24.0 Å². The van der Waals surface area contributed by atoms with E-state index in [1.165, 1.54) is 0 Å². The number of carbonyl (C=O) groups is 2. The summed E-state index contributed by atoms with van der Waals surface area (Å²) in [5.41, 5.74) is 1.64. The van der Waals surface area contributed by atoms with Crippen molar-refractivity contribution >= 4 is 22.8 Å². The molecule has 7 nitrogen and oxygen atoms in total. The molecule has 0 radical (unpaired) electrons. The van der Waals surface area contributed by atoms with E-state index >= 15 is 0 Å². The number of likely N-dealkylation sites (N-methyl/N-ethyl adjacent to an activating group) is 1. The fraction of sp³-hybridized carbons (Fsp3) is 0.412. The number of fused-ring (bicyclic) bond motifs is 1. The van der Waals surface area contributed by atoms with E-state index in [9.17, 15) is 19.8 Å². The van der Waals surface area contributed by atoms with E-state index in [1.54, 1.807) is 24.4 Å². The first-order chi connectivity index (χ1) is 11.4. The van der Waals surface area contributed by atoms with Gasteiger partial charge in [-0.15, -0.1) is 0 Å². The maximum atomic E-state index is 12.0. The van der Waals surface area contributed by atoms with Crippen LogP contribution >= 0.6 is 0 Å². The van der Waals surface area contributed by atoms with Crippen molar-refractivity contribution in [1.82, 2.24) is 14.4 Å². The topological polar surface area (TPSA) is 86.0 Å². The predicted octanol–water partition coefficient (Wildman–Crippen LogP) is 1.25. The van der Waals surface area contributed by atoms with Crippen LogP contribution in [0.1, 0.15) is 22.0 Å². The number of hydrogen-bond donors (Lipinski definition) is 2. The average molecular weight is 331 g/mol. The lowest BCUT2D eigenvalue weighted by atomic mass is 10.0. The molecule has 1 aromatic carbocycles. The van der Waals surface area contributed by atoms with Crippen LogP contribution in [0.15, 0.2) is 24.4 Å². The Balaban J connectivity index is 2.09. The Bertz CT molecular complexity index is 790. The van der Waals surface area contributed by atoms with Crippen molar-refractivity contribution in [2.75, 3.05) is 33.2 Å². The summed E-state index contributed by atoms with van der Waals surface area (Å²) in [6, 6.07) is 4.07. The second-order valence-corrected chi connectivity index (χ2v) is 6.31. The van der Waals surface area contributed by atoms with Crippen molar-refractivity contribution in [3.8, 4) is 0 Å². The molecule has 1 aliphatic heterocycles. The number of aryl methyl sites for hydroxylation is 1. The zero-order valence-corrected chi connectivity index (χ0v) is 13.8. The van der Waals surface area contributed by atoms with Crippen LogP contribution in [-0.2, 0) is 11.8 Å². The lowest BCUT2D eigenvalue weighted by Crippen LogP contribution is -2.47. The van der Waals surface area contributed by atoms with E-state index in [1.807, 2.05) is 23.6 Å². The van der Waals surface area contributed by atoms with E-state index < -0.39 is 18.0 Å². The summed E-state index contributed by atoms with van der Waals surface area (Å²) < 4.78 is 1.85. The van der Waals surface area contributed by atoms with Crippen molar-refractivity contribution < 1.29 is 19.8 Å². The molecule has 0 saturated carbocycles. The first-order valence-corrected chi connectivity index (χ1v) is 7.86. The van der Waals surface area contributed by atoms with Crippen molar-refractivity contribution in [2.45, 2.75) is 6.04 Å². The van der Waals surface area contributed by atoms with Gasteiger partial charge in [0, 0.05) is 55.9 Å². The molecule has 0 unspecified atom stereocenters. The maximum Gasteiger partial charge on any atom is 0.335 e. The normalized spacial score (nSPS) is 17.9. The molecule has 3 rings (SSSR count). The van der Waals surface area contributed by atoms with Crippen LogP contribution in [0.2, 0.25) is 0 Å². The highest BCUT2D eigenvalue weighted by atomic mass is 16.4. The highest BCUT2D eigenvalue weighted by molar-refractivity contribution is 5.96. The van der Waals surface area contributed by atoms with Gasteiger partial charge in [0.2, 0.25) is 0 Å². The maximum absolute atomic E-state index is 12.0. The minimum atomic E-state index is -1.02. The second kappa shape index (κ2) is 6.26. The largest absolute Gasteiger partial charge is 0.480 e. The van der Waals surface area contributed by atoms with Crippen molar-refractivity contribution in [1.29, 1.82) is 0 Å². The number of rotatable bonds is 4. The molecule has 1 aliphatic rings. The molecule has 2 heterocycles. The molecule has 1 fully saturated rings. The van der Waals surface area contributed by atoms with Crippen molar-refractivity contribution in [3.05, 3.63) is 35.5 Å². The fourth-order valence-corrected chi connectivity index (χ4v) is 3.34. The van der Waals surface area contributed by atoms with Gasteiger partial charge in [-0.1, -0.05) is 0 Å². The molecular formula is C17H21N3O4. The lowest BCUT2D eigenvalue weighted by molar-refractivity contribution is -0.144. The summed E-state index contributed by atoms with van der Waals surface area (Å²) in [6.45, 7) is 2.97. The molecule has 2 N–H and O–H groups in total. The molecule has 1 aromatic heterocycles. The quantitative estimate of drug-likeness (QED) is 0.877. The summed E-state index contributed by atoms with van der Waals surface area (Å²) in [5, 5.41) is 19.7. The third kappa shape index (κ3) is 2.88. The van der Waals surface area contributed by atoms with Crippen molar-refractivity contribution in [3.63, 3.8) is 0 Å². The van der Waals surface area contributed by atoms with Crippen LogP contribution in [-0.4, -0.2) is 69.7 Å². The van der Waals surface area contributed by atoms with E-state index in [2.05, 4.69) is 4.90 Å². The summed E-state index contributed by atoms with van der Waals surface area (Å²) in [7, 11) is 3.86. The van der Waals surface area contributed by atoms with Crippen LogP contribution in [0.3, 0.4) is 0 Å². The number of piperazine rings is 1. The standard InChI is InChI=1S/C17H21N3O4/c1-18-5-7-20(8-6-18)15(17(23)24)13-10-19(2)14-4-3-11(16(21)22)9-12(13)14/h3-4,9-10,15H,5-8H2,1-2H3,(H,21,22)(H,23,24)/t15-/m0/s1. The lowest BCUT2D eigenvalue weighted by Gasteiger charge is -2.36. The average Bonchev–Trinajstić information content (AvgIpc) is 2.85. The zero-order chi connectivity index (χ0) is 17.4. The molecular weight excluding hydrogens is 310 g/mol. The minimum Gasteiger partial charge on any atom is -0.480 e. The van der Waals surface area contributed by atoms with E-state index in [-0.39, 0.29) is 5.56 Å². The Kier molecular flexibility index (Phi) is 4.29. The van der Waals surface area contributed by atoms with Crippen molar-refractivity contribution in [2.24, 2.45) is 7.05 Å². The number of hydrogen-bond acceptors (Lipinski definition) is 4. The molecule has 7 heteroatoms. The number of carboxylic acid groups (broad SMARTS) is 2. The zero-order valence-electron chi connectivity index (χ0n) is 13.8. The molecule has 1 saturated heterocycles. The Morgan fingerprint density at radius 1 is 1.08 bits per heavy atom. The molecule has 0 amide bonds. The fourth-order valence-electron chi connectivity index (χ4n) is 3.34. The van der Waals surface area contributed by atoms with Gasteiger partial charge in [-0.05, 0) is 25.2 Å². The SMILES string of the molecule is CN1CCN([C@H](C(=O)O)c2cn(C)c3ccc(C(=O)O)cc23)CC1. The van der Waals surface area contributed by atoms with Gasteiger partial charge >= 0.3 is 11.9 Å². The summed E-state index contributed by atoms with van der Waals surface area (Å²) in [4.78, 5) is 27.4. The van der Waals surface area contributed by atoms with Crippen LogP contribution < -0.4 is 0 Å². The van der Waals surface area contributed by atoms with Gasteiger partial charge in [-0.3, -0.25) is 9.69 Å². The van der Waals surface area contributed by atoms with Gasteiger partial charge in [0.1, 0.15) is 6.04 Å². The first-order valence-electron chi connectivity index (χ1n) is 7.86. The highest BCUT2D eigenvalue weighted by Crippen LogP contribution is 2.31. The number of benzene rings is 1. The molecule has 0 bridgehead atoms. The molecule has 1 atom stereocenters. The monoisotopic (exact) mass is 331 g/mol. The van der Waals surface area contributed by atoms with Crippen LogP contribution in [0, 0.1) is 0 Å². The molecule has 0 aliphatic carbocycles. The smallest absolute Gasteiger partial charge is 0.335 e. The number of carboxylic acids is 2. The minimum absolute atomic E-state index is 0.164. The molecule has 2 aromatic rings. The Labute approximate surface area is 139 Å². The Hall–Kier alpha value is -2.38. The summed E-state index contributed by atoms with van der Waals surface area (Å²) >= 11 is 0. The molecule has 24 heavy (non-hydrogen) atoms. The molecule has 128 valence electrons. The van der Waals surface area contributed by atoms with Gasteiger partial charge in [0.05, 0.1) is 5.56 Å². The van der Waals surface area contributed by atoms with E-state index in [0.717, 1.165) is 18.6 Å². The van der Waals surface area contributed by atoms with Crippen LogP contribution in [0.5, 0.6) is 0 Å². The van der Waals surface area contributed by atoms with Crippen LogP contribution in [0.25, 0.3) is 10.9 Å². The van der Waals surface area contributed by atoms with Gasteiger partial charge < -0.3 is 19.7 Å². The van der Waals surface area contributed by atoms with Gasteiger partial charge in [-0.2, -0.15) is 0 Å².